The van der Waals surface area contributed by atoms with E-state index in [0.29, 0.717) is 25.7 Å². The molecule has 1 aromatic heterocycles. The maximum absolute atomic E-state index is 13.3. The molecule has 6 heteroatoms. The van der Waals surface area contributed by atoms with Gasteiger partial charge in [-0.05, 0) is 66.2 Å². The first-order valence-corrected chi connectivity index (χ1v) is 8.97. The predicted octanol–water partition coefficient (Wildman–Crippen LogP) is 3.61. The summed E-state index contributed by atoms with van der Waals surface area (Å²) in [6.07, 6.45) is 0.852. The van der Waals surface area contributed by atoms with Crippen LogP contribution in [0.2, 0.25) is 0 Å². The Morgan fingerprint density at radius 3 is 2.83 bits per heavy atom. The van der Waals surface area contributed by atoms with Gasteiger partial charge in [-0.2, -0.15) is 11.3 Å². The highest BCUT2D eigenvalue weighted by atomic mass is 32.1. The monoisotopic (exact) mass is 347 g/mol. The van der Waals surface area contributed by atoms with E-state index in [9.17, 15) is 9.18 Å². The molecule has 0 fully saturated rings. The van der Waals surface area contributed by atoms with Crippen molar-refractivity contribution in [3.8, 4) is 0 Å². The molecule has 0 spiro atoms. The minimum Gasteiger partial charge on any atom is -0.338 e. The molecule has 0 radical (unpaired) electrons. The Hall–Kier alpha value is -1.92. The number of carbonyl (C=O) groups excluding carboxylic acids is 1. The molecule has 0 aliphatic carbocycles. The molecular weight excluding hydrogens is 325 g/mol. The van der Waals surface area contributed by atoms with Gasteiger partial charge in [-0.1, -0.05) is 6.07 Å². The van der Waals surface area contributed by atoms with Crippen molar-refractivity contribution in [3.05, 3.63) is 57.5 Å². The topological polar surface area (TPSA) is 35.6 Å². The molecule has 1 aromatic carbocycles. The van der Waals surface area contributed by atoms with Gasteiger partial charge in [0.25, 0.3) is 0 Å². The summed E-state index contributed by atoms with van der Waals surface area (Å²) in [5.41, 5.74) is 3.20. The number of hydrogen-bond acceptors (Lipinski definition) is 3. The van der Waals surface area contributed by atoms with Crippen LogP contribution >= 0.6 is 11.3 Å². The molecule has 2 amide bonds. The summed E-state index contributed by atoms with van der Waals surface area (Å²) in [5.74, 6) is -0.249. The molecule has 1 unspecified atom stereocenters. The second kappa shape index (κ2) is 7.32. The predicted molar refractivity (Wildman–Crippen MR) is 94.4 cm³/mol. The minimum absolute atomic E-state index is 0.0885. The van der Waals surface area contributed by atoms with E-state index >= 15 is 0 Å². The molecule has 24 heavy (non-hydrogen) atoms. The Morgan fingerprint density at radius 1 is 1.33 bits per heavy atom. The number of hydrogen-bond donors (Lipinski definition) is 1. The second-order valence-corrected chi connectivity index (χ2v) is 7.11. The molecule has 4 nitrogen and oxygen atoms in total. The van der Waals surface area contributed by atoms with Crippen molar-refractivity contribution in [1.29, 1.82) is 0 Å². The van der Waals surface area contributed by atoms with E-state index in [-0.39, 0.29) is 11.8 Å². The fourth-order valence-electron chi connectivity index (χ4n) is 3.12. The van der Waals surface area contributed by atoms with Crippen LogP contribution < -0.4 is 5.32 Å². The van der Waals surface area contributed by atoms with E-state index in [1.54, 1.807) is 22.3 Å². The summed E-state index contributed by atoms with van der Waals surface area (Å²) in [4.78, 5) is 16.2. The fraction of sp³-hybridized carbons (Fsp3) is 0.389. The summed E-state index contributed by atoms with van der Waals surface area (Å²) in [7, 11) is 4.10. The lowest BCUT2D eigenvalue weighted by Crippen LogP contribution is -2.38. The van der Waals surface area contributed by atoms with Gasteiger partial charge in [0, 0.05) is 25.7 Å². The Labute approximate surface area is 145 Å². The molecule has 1 aliphatic heterocycles. The zero-order valence-corrected chi connectivity index (χ0v) is 14.8. The van der Waals surface area contributed by atoms with Crippen molar-refractivity contribution in [3.63, 3.8) is 0 Å². The van der Waals surface area contributed by atoms with Gasteiger partial charge in [0.15, 0.2) is 0 Å². The van der Waals surface area contributed by atoms with Crippen LogP contribution in [-0.2, 0) is 13.1 Å². The number of thiophene rings is 1. The van der Waals surface area contributed by atoms with Gasteiger partial charge in [-0.15, -0.1) is 0 Å². The molecule has 2 aromatic rings. The number of nitrogens with one attached hydrogen (secondary N) is 1. The molecular formula is C18H22FN3OS. The normalized spacial score (nSPS) is 14.8. The Kier molecular flexibility index (Phi) is 5.16. The minimum atomic E-state index is -0.249. The summed E-state index contributed by atoms with van der Waals surface area (Å²) in [6.45, 7) is 1.63. The first kappa shape index (κ1) is 16.9. The lowest BCUT2D eigenvalue weighted by molar-refractivity contribution is 0.196. The number of carbonyl (C=O) groups is 1. The van der Waals surface area contributed by atoms with E-state index in [2.05, 4.69) is 41.1 Å². The lowest BCUT2D eigenvalue weighted by atomic mass is 10.1. The highest BCUT2D eigenvalue weighted by Crippen LogP contribution is 2.25. The molecule has 1 aliphatic rings. The standard InChI is InChI=1S/C18H22FN3OS/c1-21(2)17(14-6-8-24-12-14)5-7-20-18(23)22-10-13-3-4-16(19)9-15(13)11-22/h3-4,6,8-9,12,17H,5,7,10-11H2,1-2H3,(H,20,23). The number of fused-ring (bicyclic) bond motifs is 1. The van der Waals surface area contributed by atoms with Crippen LogP contribution in [0.15, 0.2) is 35.0 Å². The molecule has 0 saturated heterocycles. The van der Waals surface area contributed by atoms with Crippen LogP contribution in [-0.4, -0.2) is 36.5 Å². The molecule has 3 rings (SSSR count). The van der Waals surface area contributed by atoms with Gasteiger partial charge in [0.2, 0.25) is 0 Å². The summed E-state index contributed by atoms with van der Waals surface area (Å²) in [6, 6.07) is 7.06. The number of urea groups is 1. The Bertz CT molecular complexity index is 702. The zero-order chi connectivity index (χ0) is 17.1. The van der Waals surface area contributed by atoms with Crippen molar-refractivity contribution in [2.24, 2.45) is 0 Å². The van der Waals surface area contributed by atoms with Gasteiger partial charge >= 0.3 is 6.03 Å². The largest absolute Gasteiger partial charge is 0.338 e. The van der Waals surface area contributed by atoms with Gasteiger partial charge in [0.05, 0.1) is 0 Å². The van der Waals surface area contributed by atoms with E-state index < -0.39 is 0 Å². The van der Waals surface area contributed by atoms with Crippen LogP contribution in [0.25, 0.3) is 0 Å². The second-order valence-electron chi connectivity index (χ2n) is 6.33. The third-order valence-corrected chi connectivity index (χ3v) is 5.12. The molecule has 1 atom stereocenters. The molecule has 0 saturated carbocycles. The number of halogens is 1. The zero-order valence-electron chi connectivity index (χ0n) is 14.0. The van der Waals surface area contributed by atoms with Crippen molar-refractivity contribution < 1.29 is 9.18 Å². The Balaban J connectivity index is 1.51. The van der Waals surface area contributed by atoms with Gasteiger partial charge in [-0.25, -0.2) is 9.18 Å². The SMILES string of the molecule is CN(C)C(CCNC(=O)N1Cc2ccc(F)cc2C1)c1ccsc1. The highest BCUT2D eigenvalue weighted by molar-refractivity contribution is 7.07. The Morgan fingerprint density at radius 2 is 2.12 bits per heavy atom. The lowest BCUT2D eigenvalue weighted by Gasteiger charge is -2.24. The quantitative estimate of drug-likeness (QED) is 0.897. The fourth-order valence-corrected chi connectivity index (χ4v) is 3.83. The number of rotatable bonds is 5. The van der Waals surface area contributed by atoms with Crippen LogP contribution in [0.4, 0.5) is 9.18 Å². The maximum atomic E-state index is 13.3. The molecule has 0 bridgehead atoms. The molecule has 128 valence electrons. The smallest absolute Gasteiger partial charge is 0.318 e. The van der Waals surface area contributed by atoms with Crippen LogP contribution in [0.3, 0.4) is 0 Å². The number of nitrogens with zero attached hydrogens (tertiary/aromatic N) is 2. The third-order valence-electron chi connectivity index (χ3n) is 4.42. The van der Waals surface area contributed by atoms with Crippen molar-refractivity contribution in [1.82, 2.24) is 15.1 Å². The van der Waals surface area contributed by atoms with Gasteiger partial charge in [0.1, 0.15) is 5.82 Å². The van der Waals surface area contributed by atoms with E-state index in [1.807, 2.05) is 0 Å². The first-order chi connectivity index (χ1) is 11.5. The summed E-state index contributed by atoms with van der Waals surface area (Å²) in [5, 5.41) is 7.22. The van der Waals surface area contributed by atoms with E-state index in [0.717, 1.165) is 17.5 Å². The molecule has 2 heterocycles. The van der Waals surface area contributed by atoms with Gasteiger partial charge in [-0.3, -0.25) is 0 Å². The number of benzene rings is 1. The first-order valence-electron chi connectivity index (χ1n) is 8.03. The van der Waals surface area contributed by atoms with Crippen LogP contribution in [0.5, 0.6) is 0 Å². The van der Waals surface area contributed by atoms with Crippen LogP contribution in [0.1, 0.15) is 29.2 Å². The van der Waals surface area contributed by atoms with Crippen molar-refractivity contribution >= 4 is 17.4 Å². The van der Waals surface area contributed by atoms with Crippen LogP contribution in [0, 0.1) is 5.82 Å². The average molecular weight is 347 g/mol. The van der Waals surface area contributed by atoms with Crippen molar-refractivity contribution in [2.45, 2.75) is 25.6 Å². The summed E-state index contributed by atoms with van der Waals surface area (Å²) < 4.78 is 13.3. The number of amides is 2. The van der Waals surface area contributed by atoms with E-state index in [4.69, 9.17) is 0 Å². The van der Waals surface area contributed by atoms with E-state index in [1.165, 1.54) is 17.7 Å². The third kappa shape index (κ3) is 3.76. The maximum Gasteiger partial charge on any atom is 0.318 e. The van der Waals surface area contributed by atoms with Crippen molar-refractivity contribution in [2.75, 3.05) is 20.6 Å². The summed E-state index contributed by atoms with van der Waals surface area (Å²) >= 11 is 1.69. The van der Waals surface area contributed by atoms with Gasteiger partial charge < -0.3 is 15.1 Å². The molecule has 1 N–H and O–H groups in total. The highest BCUT2D eigenvalue weighted by Gasteiger charge is 2.23. The average Bonchev–Trinajstić information content (AvgIpc) is 3.19.